The smallest absolute Gasteiger partial charge is 0.193 e. The van der Waals surface area contributed by atoms with Gasteiger partial charge in [-0.1, -0.05) is 30.3 Å². The third-order valence-electron chi connectivity index (χ3n) is 6.65. The van der Waals surface area contributed by atoms with Gasteiger partial charge in [-0.05, 0) is 55.5 Å². The van der Waals surface area contributed by atoms with E-state index in [0.717, 1.165) is 43.3 Å². The molecule has 32 heavy (non-hydrogen) atoms. The van der Waals surface area contributed by atoms with E-state index in [9.17, 15) is 5.11 Å². The number of ether oxygens (including phenoxy) is 1. The quantitative estimate of drug-likeness (QED) is 0.334. The van der Waals surface area contributed by atoms with E-state index in [2.05, 4.69) is 50.4 Å². The molecule has 2 N–H and O–H groups in total. The Labute approximate surface area is 208 Å². The molecule has 2 aliphatic heterocycles. The fourth-order valence-corrected chi connectivity index (χ4v) is 5.05. The third-order valence-corrected chi connectivity index (χ3v) is 6.65. The van der Waals surface area contributed by atoms with Crippen LogP contribution < -0.4 is 10.1 Å². The maximum atomic E-state index is 10.2. The number of hydrogen-bond donors (Lipinski definition) is 2. The Balaban J connectivity index is 0.00000289. The van der Waals surface area contributed by atoms with Crippen molar-refractivity contribution < 1.29 is 9.84 Å². The van der Waals surface area contributed by atoms with Crippen LogP contribution in [0.1, 0.15) is 30.4 Å². The van der Waals surface area contributed by atoms with E-state index in [-0.39, 0.29) is 29.7 Å². The lowest BCUT2D eigenvalue weighted by molar-refractivity contribution is 0.0372. The SMILES string of the molecule is CN=C(NCc1cc(OC)ccc1O)N1CCC2C(CCCN2Cc2ccccc2)C1.I. The minimum atomic E-state index is 0. The summed E-state index contributed by atoms with van der Waals surface area (Å²) >= 11 is 0. The Morgan fingerprint density at radius 2 is 1.97 bits per heavy atom. The Morgan fingerprint density at radius 1 is 1.16 bits per heavy atom. The van der Waals surface area contributed by atoms with Crippen LogP contribution in [0.5, 0.6) is 11.5 Å². The molecule has 2 heterocycles. The lowest BCUT2D eigenvalue weighted by Crippen LogP contribution is -2.56. The molecule has 2 saturated heterocycles. The summed E-state index contributed by atoms with van der Waals surface area (Å²) in [4.78, 5) is 9.59. The number of phenolic OH excluding ortho intramolecular Hbond substituents is 1. The van der Waals surface area contributed by atoms with Gasteiger partial charge in [-0.25, -0.2) is 0 Å². The van der Waals surface area contributed by atoms with Gasteiger partial charge in [0, 0.05) is 44.8 Å². The molecule has 2 aromatic carbocycles. The van der Waals surface area contributed by atoms with Crippen molar-refractivity contribution in [2.24, 2.45) is 10.9 Å². The molecule has 0 radical (unpaired) electrons. The lowest BCUT2D eigenvalue weighted by Gasteiger charge is -2.48. The zero-order valence-electron chi connectivity index (χ0n) is 19.0. The summed E-state index contributed by atoms with van der Waals surface area (Å²) in [5.74, 6) is 2.58. The average Bonchev–Trinajstić information content (AvgIpc) is 2.81. The van der Waals surface area contributed by atoms with E-state index in [0.29, 0.717) is 18.5 Å². The van der Waals surface area contributed by atoms with E-state index in [1.54, 1.807) is 19.2 Å². The second-order valence-corrected chi connectivity index (χ2v) is 8.56. The standard InChI is InChI=1S/C25H34N4O2.HI/c1-26-25(27-16-21-15-22(31-2)10-11-24(21)30)29-14-12-23-20(18-29)9-6-13-28(23)17-19-7-4-3-5-8-19;/h3-5,7-8,10-11,15,20,23,30H,6,9,12-14,16-18H2,1-2H3,(H,26,27);1H. The van der Waals surface area contributed by atoms with Crippen LogP contribution in [-0.4, -0.2) is 60.7 Å². The van der Waals surface area contributed by atoms with Gasteiger partial charge in [0.1, 0.15) is 11.5 Å². The number of likely N-dealkylation sites (tertiary alicyclic amines) is 2. The Hall–Kier alpha value is -2.00. The molecular weight excluding hydrogens is 515 g/mol. The average molecular weight is 550 g/mol. The van der Waals surface area contributed by atoms with Crippen LogP contribution in [-0.2, 0) is 13.1 Å². The van der Waals surface area contributed by atoms with Gasteiger partial charge in [0.25, 0.3) is 0 Å². The third kappa shape index (κ3) is 5.86. The molecule has 0 bridgehead atoms. The van der Waals surface area contributed by atoms with Crippen LogP contribution in [0.15, 0.2) is 53.5 Å². The van der Waals surface area contributed by atoms with E-state index in [1.165, 1.54) is 24.9 Å². The van der Waals surface area contributed by atoms with Crippen molar-refractivity contribution in [1.82, 2.24) is 15.1 Å². The summed E-state index contributed by atoms with van der Waals surface area (Å²) in [5, 5.41) is 13.6. The largest absolute Gasteiger partial charge is 0.508 e. The summed E-state index contributed by atoms with van der Waals surface area (Å²) in [5.41, 5.74) is 2.21. The van der Waals surface area contributed by atoms with Gasteiger partial charge in [-0.2, -0.15) is 0 Å². The number of rotatable bonds is 5. The molecule has 2 aromatic rings. The highest BCUT2D eigenvalue weighted by Crippen LogP contribution is 2.32. The van der Waals surface area contributed by atoms with E-state index in [1.807, 2.05) is 13.1 Å². The Kier molecular flexibility index (Phi) is 9.04. The first kappa shape index (κ1) is 24.6. The summed E-state index contributed by atoms with van der Waals surface area (Å²) < 4.78 is 5.29. The first-order valence-electron chi connectivity index (χ1n) is 11.3. The van der Waals surface area contributed by atoms with Gasteiger partial charge in [0.2, 0.25) is 0 Å². The number of hydrogen-bond acceptors (Lipinski definition) is 4. The van der Waals surface area contributed by atoms with E-state index in [4.69, 9.17) is 4.74 Å². The second-order valence-electron chi connectivity index (χ2n) is 8.56. The molecule has 2 aliphatic rings. The highest BCUT2D eigenvalue weighted by atomic mass is 127. The number of halogens is 1. The van der Waals surface area contributed by atoms with Crippen molar-refractivity contribution in [2.45, 2.75) is 38.4 Å². The zero-order valence-corrected chi connectivity index (χ0v) is 21.4. The van der Waals surface area contributed by atoms with Gasteiger partial charge < -0.3 is 20.1 Å². The number of nitrogens with zero attached hydrogens (tertiary/aromatic N) is 3. The van der Waals surface area contributed by atoms with Crippen molar-refractivity contribution in [1.29, 1.82) is 0 Å². The molecular formula is C25H35IN4O2. The maximum Gasteiger partial charge on any atom is 0.193 e. The minimum absolute atomic E-state index is 0. The Morgan fingerprint density at radius 3 is 2.72 bits per heavy atom. The Bertz CT molecular complexity index is 893. The molecule has 7 heteroatoms. The highest BCUT2D eigenvalue weighted by Gasteiger charge is 2.36. The molecule has 0 spiro atoms. The number of aliphatic imine (C=N–C) groups is 1. The number of methoxy groups -OCH3 is 1. The van der Waals surface area contributed by atoms with Gasteiger partial charge in [-0.3, -0.25) is 9.89 Å². The summed E-state index contributed by atoms with van der Waals surface area (Å²) in [7, 11) is 3.47. The van der Waals surface area contributed by atoms with Crippen molar-refractivity contribution >= 4 is 29.9 Å². The van der Waals surface area contributed by atoms with Gasteiger partial charge in [0.05, 0.1) is 7.11 Å². The first-order chi connectivity index (χ1) is 15.2. The number of benzene rings is 2. The number of guanidine groups is 1. The molecule has 0 saturated carbocycles. The number of phenols is 1. The lowest BCUT2D eigenvalue weighted by atomic mass is 9.83. The van der Waals surface area contributed by atoms with Crippen LogP contribution >= 0.6 is 24.0 Å². The predicted octanol–water partition coefficient (Wildman–Crippen LogP) is 4.08. The zero-order chi connectivity index (χ0) is 21.6. The fraction of sp³-hybridized carbons (Fsp3) is 0.480. The molecule has 174 valence electrons. The van der Waals surface area contributed by atoms with Crippen LogP contribution in [0.3, 0.4) is 0 Å². The van der Waals surface area contributed by atoms with Crippen molar-refractivity contribution in [3.05, 3.63) is 59.7 Å². The summed E-state index contributed by atoms with van der Waals surface area (Å²) in [6.45, 7) is 4.78. The minimum Gasteiger partial charge on any atom is -0.508 e. The second kappa shape index (κ2) is 11.7. The van der Waals surface area contributed by atoms with Gasteiger partial charge in [-0.15, -0.1) is 24.0 Å². The monoisotopic (exact) mass is 550 g/mol. The normalized spacial score (nSPS) is 21.4. The summed E-state index contributed by atoms with van der Waals surface area (Å²) in [6.07, 6.45) is 3.69. The van der Waals surface area contributed by atoms with Crippen LogP contribution in [0.2, 0.25) is 0 Å². The van der Waals surface area contributed by atoms with Crippen molar-refractivity contribution in [3.8, 4) is 11.5 Å². The van der Waals surface area contributed by atoms with Crippen molar-refractivity contribution in [2.75, 3.05) is 33.8 Å². The predicted molar refractivity (Wildman–Crippen MR) is 140 cm³/mol. The highest BCUT2D eigenvalue weighted by molar-refractivity contribution is 14.0. The molecule has 2 unspecified atom stereocenters. The van der Waals surface area contributed by atoms with E-state index >= 15 is 0 Å². The molecule has 2 fully saturated rings. The fourth-order valence-electron chi connectivity index (χ4n) is 5.05. The molecule has 6 nitrogen and oxygen atoms in total. The first-order valence-corrected chi connectivity index (χ1v) is 11.3. The maximum absolute atomic E-state index is 10.2. The molecule has 0 aromatic heterocycles. The summed E-state index contributed by atoms with van der Waals surface area (Å²) in [6, 6.07) is 16.8. The van der Waals surface area contributed by atoms with Crippen LogP contribution in [0.25, 0.3) is 0 Å². The molecule has 4 rings (SSSR count). The number of aromatic hydroxyl groups is 1. The number of fused-ring (bicyclic) bond motifs is 1. The number of piperidine rings is 2. The number of nitrogens with one attached hydrogen (secondary N) is 1. The van der Waals surface area contributed by atoms with Crippen LogP contribution in [0.4, 0.5) is 0 Å². The van der Waals surface area contributed by atoms with Gasteiger partial charge >= 0.3 is 0 Å². The van der Waals surface area contributed by atoms with Gasteiger partial charge in [0.15, 0.2) is 5.96 Å². The van der Waals surface area contributed by atoms with Crippen LogP contribution in [0, 0.1) is 5.92 Å². The topological polar surface area (TPSA) is 60.3 Å². The molecule has 0 aliphatic carbocycles. The molecule has 0 amide bonds. The van der Waals surface area contributed by atoms with E-state index < -0.39 is 0 Å². The van der Waals surface area contributed by atoms with Crippen molar-refractivity contribution in [3.63, 3.8) is 0 Å². The molecule has 2 atom stereocenters.